The minimum absolute atomic E-state index is 0.0161. The van der Waals surface area contributed by atoms with Crippen molar-refractivity contribution in [1.29, 1.82) is 0 Å². The molecule has 1 N–H and O–H groups in total. The summed E-state index contributed by atoms with van der Waals surface area (Å²) in [6.07, 6.45) is 0. The topological polar surface area (TPSA) is 58.6 Å². The maximum Gasteiger partial charge on any atom is 0.261 e. The molecule has 0 bridgehead atoms. The first kappa shape index (κ1) is 17.0. The van der Waals surface area contributed by atoms with Crippen molar-refractivity contribution in [3.63, 3.8) is 0 Å². The van der Waals surface area contributed by atoms with Gasteiger partial charge in [0.1, 0.15) is 12.4 Å². The Morgan fingerprint density at radius 3 is 2.61 bits per heavy atom. The normalized spacial score (nSPS) is 10.2. The van der Waals surface area contributed by atoms with Crippen molar-refractivity contribution in [2.24, 2.45) is 0 Å². The summed E-state index contributed by atoms with van der Waals surface area (Å²) < 4.78 is 5.59. The molecule has 0 aliphatic carbocycles. The summed E-state index contributed by atoms with van der Waals surface area (Å²) >= 11 is 1.35. The Balaban J connectivity index is 1.68. The third kappa shape index (κ3) is 5.41. The Bertz CT molecular complexity index is 638. The molecule has 2 rings (SSSR count). The van der Waals surface area contributed by atoms with Crippen LogP contribution in [0.4, 0.5) is 0 Å². The largest absolute Gasteiger partial charge is 0.492 e. The maximum absolute atomic E-state index is 12.0. The number of hydrogen-bond donors (Lipinski definition) is 1. The Morgan fingerprint density at radius 1 is 1.22 bits per heavy atom. The predicted octanol–water partition coefficient (Wildman–Crippen LogP) is 2.32. The second kappa shape index (κ2) is 8.33. The van der Waals surface area contributed by atoms with Crippen LogP contribution in [0, 0.1) is 6.92 Å². The van der Waals surface area contributed by atoms with Crippen LogP contribution in [-0.4, -0.2) is 43.5 Å². The van der Waals surface area contributed by atoms with E-state index in [1.54, 1.807) is 24.1 Å². The molecule has 1 aromatic heterocycles. The molecule has 6 heteroatoms. The zero-order chi connectivity index (χ0) is 16.7. The van der Waals surface area contributed by atoms with E-state index in [2.05, 4.69) is 5.32 Å². The lowest BCUT2D eigenvalue weighted by atomic mass is 10.2. The van der Waals surface area contributed by atoms with Crippen LogP contribution in [0.5, 0.6) is 5.75 Å². The third-order valence-corrected chi connectivity index (χ3v) is 4.16. The first-order valence-corrected chi connectivity index (χ1v) is 8.19. The average molecular weight is 332 g/mol. The van der Waals surface area contributed by atoms with Gasteiger partial charge in [-0.1, -0.05) is 23.8 Å². The van der Waals surface area contributed by atoms with Gasteiger partial charge in [0.25, 0.3) is 5.91 Å². The molecule has 0 fully saturated rings. The number of nitrogens with zero attached hydrogens (tertiary/aromatic N) is 1. The minimum Gasteiger partial charge on any atom is -0.492 e. The minimum atomic E-state index is -0.224. The van der Waals surface area contributed by atoms with Crippen molar-refractivity contribution >= 4 is 23.2 Å². The van der Waals surface area contributed by atoms with Gasteiger partial charge < -0.3 is 15.0 Å². The summed E-state index contributed by atoms with van der Waals surface area (Å²) in [5.74, 6) is 0.405. The quantitative estimate of drug-likeness (QED) is 0.846. The van der Waals surface area contributed by atoms with E-state index in [1.165, 1.54) is 16.9 Å². The van der Waals surface area contributed by atoms with E-state index < -0.39 is 0 Å². The first-order valence-electron chi connectivity index (χ1n) is 7.31. The molecule has 0 saturated carbocycles. The summed E-state index contributed by atoms with van der Waals surface area (Å²) in [6.45, 7) is 2.87. The van der Waals surface area contributed by atoms with Crippen LogP contribution in [0.1, 0.15) is 15.2 Å². The lowest BCUT2D eigenvalue weighted by Gasteiger charge is -2.17. The van der Waals surface area contributed by atoms with Gasteiger partial charge in [0.2, 0.25) is 5.91 Å². The second-order valence-electron chi connectivity index (χ2n) is 5.14. The number of ether oxygens (including phenoxy) is 1. The molecular weight excluding hydrogens is 312 g/mol. The van der Waals surface area contributed by atoms with Gasteiger partial charge in [-0.2, -0.15) is 0 Å². The molecule has 122 valence electrons. The number of carbonyl (C=O) groups excluding carboxylic acids is 2. The monoisotopic (exact) mass is 332 g/mol. The number of amides is 2. The van der Waals surface area contributed by atoms with E-state index in [1.807, 2.05) is 36.6 Å². The fraction of sp³-hybridized carbons (Fsp3) is 0.294. The number of thiophene rings is 1. The van der Waals surface area contributed by atoms with Crippen LogP contribution in [0.15, 0.2) is 41.8 Å². The summed E-state index contributed by atoms with van der Waals surface area (Å²) in [4.78, 5) is 25.9. The number of benzene rings is 1. The lowest BCUT2D eigenvalue weighted by molar-refractivity contribution is -0.129. The van der Waals surface area contributed by atoms with Gasteiger partial charge in [-0.3, -0.25) is 9.59 Å². The van der Waals surface area contributed by atoms with Crippen LogP contribution in [0.25, 0.3) is 0 Å². The van der Waals surface area contributed by atoms with Crippen LogP contribution in [0.3, 0.4) is 0 Å². The number of aryl methyl sites for hydroxylation is 1. The van der Waals surface area contributed by atoms with Gasteiger partial charge in [0.15, 0.2) is 0 Å². The predicted molar refractivity (Wildman–Crippen MR) is 91.0 cm³/mol. The SMILES string of the molecule is Cc1ccc(OCCN(C)C(=O)CNC(=O)c2cccs2)cc1. The standard InChI is InChI=1S/C17H20N2O3S/c1-13-5-7-14(8-6-13)22-10-9-19(2)16(20)12-18-17(21)15-4-3-11-23-15/h3-8,11H,9-10,12H2,1-2H3,(H,18,21). The highest BCUT2D eigenvalue weighted by atomic mass is 32.1. The van der Waals surface area contributed by atoms with Crippen molar-refractivity contribution in [2.75, 3.05) is 26.7 Å². The van der Waals surface area contributed by atoms with Gasteiger partial charge in [-0.05, 0) is 30.5 Å². The van der Waals surface area contributed by atoms with Crippen molar-refractivity contribution in [3.05, 3.63) is 52.2 Å². The van der Waals surface area contributed by atoms with Crippen LogP contribution in [0.2, 0.25) is 0 Å². The maximum atomic E-state index is 12.0. The van der Waals surface area contributed by atoms with Crippen LogP contribution in [-0.2, 0) is 4.79 Å². The van der Waals surface area contributed by atoms with Crippen molar-refractivity contribution < 1.29 is 14.3 Å². The smallest absolute Gasteiger partial charge is 0.261 e. The molecule has 1 heterocycles. The lowest BCUT2D eigenvalue weighted by Crippen LogP contribution is -2.39. The summed E-state index contributed by atoms with van der Waals surface area (Å²) in [6, 6.07) is 11.3. The Labute approximate surface area is 139 Å². The molecule has 23 heavy (non-hydrogen) atoms. The molecular formula is C17H20N2O3S. The van der Waals surface area contributed by atoms with E-state index >= 15 is 0 Å². The number of likely N-dealkylation sites (N-methyl/N-ethyl adjacent to an activating group) is 1. The molecule has 0 radical (unpaired) electrons. The number of carbonyl (C=O) groups is 2. The third-order valence-electron chi connectivity index (χ3n) is 3.29. The molecule has 0 spiro atoms. The molecule has 0 aliphatic rings. The Morgan fingerprint density at radius 2 is 1.96 bits per heavy atom. The van der Waals surface area contributed by atoms with E-state index in [0.717, 1.165) is 5.75 Å². The van der Waals surface area contributed by atoms with Crippen molar-refractivity contribution in [3.8, 4) is 5.75 Å². The number of hydrogen-bond acceptors (Lipinski definition) is 4. The van der Waals surface area contributed by atoms with Crippen molar-refractivity contribution in [1.82, 2.24) is 10.2 Å². The van der Waals surface area contributed by atoms with E-state index in [-0.39, 0.29) is 18.4 Å². The van der Waals surface area contributed by atoms with E-state index in [4.69, 9.17) is 4.74 Å². The molecule has 1 aromatic carbocycles. The Hall–Kier alpha value is -2.34. The second-order valence-corrected chi connectivity index (χ2v) is 6.08. The van der Waals surface area contributed by atoms with Gasteiger partial charge in [-0.15, -0.1) is 11.3 Å². The molecule has 2 amide bonds. The molecule has 0 aliphatic heterocycles. The molecule has 0 atom stereocenters. The fourth-order valence-electron chi connectivity index (χ4n) is 1.85. The molecule has 2 aromatic rings. The Kier molecular flexibility index (Phi) is 6.17. The highest BCUT2D eigenvalue weighted by molar-refractivity contribution is 7.12. The van der Waals surface area contributed by atoms with Gasteiger partial charge in [-0.25, -0.2) is 0 Å². The summed E-state index contributed by atoms with van der Waals surface area (Å²) in [5, 5.41) is 4.44. The van der Waals surface area contributed by atoms with E-state index in [9.17, 15) is 9.59 Å². The van der Waals surface area contributed by atoms with E-state index in [0.29, 0.717) is 18.0 Å². The number of rotatable bonds is 7. The average Bonchev–Trinajstić information content (AvgIpc) is 3.08. The molecule has 0 unspecified atom stereocenters. The van der Waals surface area contributed by atoms with Gasteiger partial charge in [0, 0.05) is 7.05 Å². The highest BCUT2D eigenvalue weighted by Crippen LogP contribution is 2.11. The van der Waals surface area contributed by atoms with Crippen LogP contribution >= 0.6 is 11.3 Å². The van der Waals surface area contributed by atoms with Gasteiger partial charge in [0.05, 0.1) is 18.0 Å². The highest BCUT2D eigenvalue weighted by Gasteiger charge is 2.12. The first-order chi connectivity index (χ1) is 11.1. The molecule has 0 saturated heterocycles. The fourth-order valence-corrected chi connectivity index (χ4v) is 2.49. The summed E-state index contributed by atoms with van der Waals surface area (Å²) in [5.41, 5.74) is 1.17. The molecule has 5 nitrogen and oxygen atoms in total. The van der Waals surface area contributed by atoms with Crippen molar-refractivity contribution in [2.45, 2.75) is 6.92 Å². The van der Waals surface area contributed by atoms with Crippen LogP contribution < -0.4 is 10.1 Å². The summed E-state index contributed by atoms with van der Waals surface area (Å²) in [7, 11) is 1.69. The zero-order valence-corrected chi connectivity index (χ0v) is 14.1. The zero-order valence-electron chi connectivity index (χ0n) is 13.2. The number of nitrogens with one attached hydrogen (secondary N) is 1. The van der Waals surface area contributed by atoms with Gasteiger partial charge >= 0.3 is 0 Å².